The lowest BCUT2D eigenvalue weighted by Gasteiger charge is -2.50. The fourth-order valence-electron chi connectivity index (χ4n) is 3.31. The molecule has 0 aromatic rings. The van der Waals surface area contributed by atoms with Gasteiger partial charge in [0.15, 0.2) is 9.84 Å². The van der Waals surface area contributed by atoms with Crippen LogP contribution in [0.2, 0.25) is 0 Å². The monoisotopic (exact) mass is 302 g/mol. The predicted molar refractivity (Wildman–Crippen MR) is 83.8 cm³/mol. The first kappa shape index (κ1) is 16.2. The lowest BCUT2D eigenvalue weighted by atomic mass is 9.73. The van der Waals surface area contributed by atoms with Crippen LogP contribution in [0.3, 0.4) is 0 Å². The molecular weight excluding hydrogens is 272 g/mol. The molecule has 1 aliphatic heterocycles. The molecule has 2 fully saturated rings. The van der Waals surface area contributed by atoms with Crippen molar-refractivity contribution in [3.63, 3.8) is 0 Å². The number of rotatable bonds is 4. The first-order valence-corrected chi connectivity index (χ1v) is 9.60. The summed E-state index contributed by atoms with van der Waals surface area (Å²) in [5.74, 6) is 0.316. The molecule has 1 aliphatic carbocycles. The van der Waals surface area contributed by atoms with E-state index in [1.165, 1.54) is 25.7 Å². The lowest BCUT2D eigenvalue weighted by Crippen LogP contribution is -2.54. The molecule has 0 unspecified atom stereocenters. The van der Waals surface area contributed by atoms with E-state index < -0.39 is 14.6 Å². The largest absolute Gasteiger partial charge is 0.315 e. The molecule has 0 bridgehead atoms. The van der Waals surface area contributed by atoms with E-state index in [0.717, 1.165) is 32.6 Å². The van der Waals surface area contributed by atoms with E-state index in [1.54, 1.807) is 20.8 Å². The van der Waals surface area contributed by atoms with Crippen LogP contribution in [0, 0.1) is 0 Å². The average Bonchev–Trinajstić information content (AvgIpc) is 2.49. The Bertz CT molecular complexity index is 422. The minimum absolute atomic E-state index is 0.316. The fraction of sp³-hybridized carbons (Fsp3) is 1.00. The highest BCUT2D eigenvalue weighted by Crippen LogP contribution is 2.41. The number of sulfone groups is 1. The molecule has 5 heteroatoms. The van der Waals surface area contributed by atoms with Crippen LogP contribution in [0.15, 0.2) is 0 Å². The summed E-state index contributed by atoms with van der Waals surface area (Å²) in [6, 6.07) is 0. The topological polar surface area (TPSA) is 49.4 Å². The third-order valence-electron chi connectivity index (χ3n) is 5.05. The van der Waals surface area contributed by atoms with E-state index in [9.17, 15) is 8.42 Å². The second kappa shape index (κ2) is 5.93. The molecule has 0 aromatic carbocycles. The summed E-state index contributed by atoms with van der Waals surface area (Å²) in [6.45, 7) is 9.53. The van der Waals surface area contributed by atoms with Crippen LogP contribution < -0.4 is 5.32 Å². The highest BCUT2D eigenvalue weighted by molar-refractivity contribution is 7.92. The zero-order valence-electron chi connectivity index (χ0n) is 13.2. The van der Waals surface area contributed by atoms with Gasteiger partial charge in [-0.05, 0) is 66.0 Å². The molecule has 1 saturated heterocycles. The summed E-state index contributed by atoms with van der Waals surface area (Å²) in [5.41, 5.74) is 0.384. The van der Waals surface area contributed by atoms with Crippen LogP contribution in [0.4, 0.5) is 0 Å². The van der Waals surface area contributed by atoms with Gasteiger partial charge in [0.1, 0.15) is 0 Å². The van der Waals surface area contributed by atoms with E-state index in [4.69, 9.17) is 0 Å². The Morgan fingerprint density at radius 2 is 1.85 bits per heavy atom. The second-order valence-electron chi connectivity index (χ2n) is 7.35. The Balaban J connectivity index is 1.89. The van der Waals surface area contributed by atoms with Gasteiger partial charge in [-0.1, -0.05) is 0 Å². The van der Waals surface area contributed by atoms with Gasteiger partial charge in [-0.15, -0.1) is 0 Å². The minimum Gasteiger partial charge on any atom is -0.315 e. The van der Waals surface area contributed by atoms with Crippen molar-refractivity contribution < 1.29 is 8.42 Å². The first-order valence-electron chi connectivity index (χ1n) is 7.95. The Labute approximate surface area is 124 Å². The van der Waals surface area contributed by atoms with Crippen LogP contribution in [-0.2, 0) is 9.84 Å². The summed E-state index contributed by atoms with van der Waals surface area (Å²) in [5, 5.41) is 3.47. The maximum atomic E-state index is 12.2. The molecule has 0 radical (unpaired) electrons. The minimum atomic E-state index is -2.98. The zero-order chi connectivity index (χ0) is 14.9. The molecule has 1 N–H and O–H groups in total. The van der Waals surface area contributed by atoms with Gasteiger partial charge in [-0.25, -0.2) is 8.42 Å². The first-order chi connectivity index (χ1) is 9.27. The van der Waals surface area contributed by atoms with Crippen LogP contribution >= 0.6 is 0 Å². The van der Waals surface area contributed by atoms with Crippen molar-refractivity contribution >= 4 is 9.84 Å². The summed E-state index contributed by atoms with van der Waals surface area (Å²) in [4.78, 5) is 2.56. The van der Waals surface area contributed by atoms with Gasteiger partial charge in [0.05, 0.1) is 10.5 Å². The summed E-state index contributed by atoms with van der Waals surface area (Å²) in [6.07, 6.45) is 5.90. The highest BCUT2D eigenvalue weighted by Gasteiger charge is 2.42. The molecule has 1 heterocycles. The predicted octanol–water partition coefficient (Wildman–Crippen LogP) is 1.81. The van der Waals surface area contributed by atoms with E-state index in [1.807, 2.05) is 0 Å². The standard InChI is InChI=1S/C15H30N2O2S/c1-14(2,3)20(18,19)13-5-11-17-12-10-16-9-8-15(17)6-4-7-15/h16H,4-13H2,1-3H3. The van der Waals surface area contributed by atoms with Crippen molar-refractivity contribution in [1.29, 1.82) is 0 Å². The Morgan fingerprint density at radius 1 is 1.15 bits per heavy atom. The smallest absolute Gasteiger partial charge is 0.155 e. The van der Waals surface area contributed by atoms with E-state index in [0.29, 0.717) is 11.3 Å². The number of nitrogens with zero attached hydrogens (tertiary/aromatic N) is 1. The normalized spacial score (nSPS) is 24.4. The lowest BCUT2D eigenvalue weighted by molar-refractivity contribution is 0.0206. The van der Waals surface area contributed by atoms with Crippen LogP contribution in [0.1, 0.15) is 52.9 Å². The van der Waals surface area contributed by atoms with Crippen molar-refractivity contribution in [1.82, 2.24) is 10.2 Å². The molecule has 2 aliphatic rings. The van der Waals surface area contributed by atoms with Crippen LogP contribution in [-0.4, -0.2) is 55.5 Å². The number of nitrogens with one attached hydrogen (secondary N) is 1. The maximum Gasteiger partial charge on any atom is 0.155 e. The molecule has 1 saturated carbocycles. The average molecular weight is 302 g/mol. The van der Waals surface area contributed by atoms with Gasteiger partial charge in [-0.2, -0.15) is 0 Å². The van der Waals surface area contributed by atoms with Crippen molar-refractivity contribution in [2.24, 2.45) is 0 Å². The van der Waals surface area contributed by atoms with Gasteiger partial charge < -0.3 is 5.32 Å². The van der Waals surface area contributed by atoms with Gasteiger partial charge in [0, 0.05) is 18.6 Å². The summed E-state index contributed by atoms with van der Waals surface area (Å²) in [7, 11) is -2.98. The van der Waals surface area contributed by atoms with Crippen molar-refractivity contribution in [3.05, 3.63) is 0 Å². The maximum absolute atomic E-state index is 12.2. The van der Waals surface area contributed by atoms with Crippen LogP contribution in [0.5, 0.6) is 0 Å². The SMILES string of the molecule is CC(C)(C)S(=O)(=O)CCCN1CCNCCC12CCC2. The number of hydrogen-bond acceptors (Lipinski definition) is 4. The third-order valence-corrected chi connectivity index (χ3v) is 7.75. The van der Waals surface area contributed by atoms with Gasteiger partial charge >= 0.3 is 0 Å². The molecule has 118 valence electrons. The van der Waals surface area contributed by atoms with Gasteiger partial charge in [0.2, 0.25) is 0 Å². The fourth-order valence-corrected chi connectivity index (χ4v) is 4.43. The molecule has 20 heavy (non-hydrogen) atoms. The zero-order valence-corrected chi connectivity index (χ0v) is 14.1. The van der Waals surface area contributed by atoms with E-state index in [-0.39, 0.29) is 0 Å². The number of hydrogen-bond donors (Lipinski definition) is 1. The molecule has 0 atom stereocenters. The molecule has 1 spiro atoms. The quantitative estimate of drug-likeness (QED) is 0.860. The summed E-state index contributed by atoms with van der Waals surface area (Å²) < 4.78 is 23.7. The Kier molecular flexibility index (Phi) is 4.82. The molecule has 0 aromatic heterocycles. The van der Waals surface area contributed by atoms with Crippen LogP contribution in [0.25, 0.3) is 0 Å². The van der Waals surface area contributed by atoms with E-state index in [2.05, 4.69) is 10.2 Å². The van der Waals surface area contributed by atoms with Crippen molar-refractivity contribution in [3.8, 4) is 0 Å². The van der Waals surface area contributed by atoms with Crippen molar-refractivity contribution in [2.75, 3.05) is 31.9 Å². The molecular formula is C15H30N2O2S. The molecule has 2 rings (SSSR count). The highest BCUT2D eigenvalue weighted by atomic mass is 32.2. The van der Waals surface area contributed by atoms with Crippen molar-refractivity contribution in [2.45, 2.75) is 63.2 Å². The van der Waals surface area contributed by atoms with Gasteiger partial charge in [-0.3, -0.25) is 4.90 Å². The Hall–Kier alpha value is -0.130. The van der Waals surface area contributed by atoms with E-state index >= 15 is 0 Å². The molecule has 4 nitrogen and oxygen atoms in total. The Morgan fingerprint density at radius 3 is 2.40 bits per heavy atom. The van der Waals surface area contributed by atoms with Gasteiger partial charge in [0.25, 0.3) is 0 Å². The molecule has 0 amide bonds. The second-order valence-corrected chi connectivity index (χ2v) is 10.2. The third kappa shape index (κ3) is 3.37. The summed E-state index contributed by atoms with van der Waals surface area (Å²) >= 11 is 0.